The molecule has 2 aliphatic rings. The third kappa shape index (κ3) is 3.71. The fraction of sp³-hybridized carbons (Fsp3) is 0.692. The molecule has 0 bridgehead atoms. The van der Waals surface area contributed by atoms with E-state index in [0.717, 1.165) is 12.8 Å². The average Bonchev–Trinajstić information content (AvgIpc) is 3.01. The van der Waals surface area contributed by atoms with Gasteiger partial charge in [0.15, 0.2) is 0 Å². The maximum atomic E-state index is 8.25. The molecule has 0 aromatic rings. The fourth-order valence-electron chi connectivity index (χ4n) is 2.50. The Balaban J connectivity index is 2.08. The maximum absolute atomic E-state index is 8.25. The number of rotatable bonds is 4. The number of ether oxygens (including phenoxy) is 1. The Kier molecular flexibility index (Phi) is 5.37. The van der Waals surface area contributed by atoms with Crippen LogP contribution >= 0.6 is 0 Å². The van der Waals surface area contributed by atoms with E-state index in [1.807, 2.05) is 4.90 Å². The summed E-state index contributed by atoms with van der Waals surface area (Å²) in [6, 6.07) is 0.327. The summed E-state index contributed by atoms with van der Waals surface area (Å²) in [5, 5.41) is 8.25. The van der Waals surface area contributed by atoms with Gasteiger partial charge in [0, 0.05) is 25.3 Å². The van der Waals surface area contributed by atoms with Gasteiger partial charge in [-0.2, -0.15) is 5.90 Å². The number of aliphatic imine (C=N–C) groups is 1. The minimum Gasteiger partial charge on any atom is -0.393 e. The van der Waals surface area contributed by atoms with E-state index in [1.54, 1.807) is 6.21 Å². The van der Waals surface area contributed by atoms with Crippen LogP contribution < -0.4 is 11.6 Å². The highest BCUT2D eigenvalue weighted by Gasteiger charge is 2.20. The van der Waals surface area contributed by atoms with Gasteiger partial charge in [-0.15, -0.1) is 0 Å². The van der Waals surface area contributed by atoms with Gasteiger partial charge in [0.2, 0.25) is 5.88 Å². The van der Waals surface area contributed by atoms with Crippen molar-refractivity contribution in [2.45, 2.75) is 31.7 Å². The van der Waals surface area contributed by atoms with Crippen LogP contribution in [0, 0.1) is 5.41 Å². The molecule has 1 aliphatic carbocycles. The smallest absolute Gasteiger partial charge is 0.221 e. The van der Waals surface area contributed by atoms with E-state index in [0.29, 0.717) is 37.9 Å². The van der Waals surface area contributed by atoms with E-state index < -0.39 is 0 Å². The summed E-state index contributed by atoms with van der Waals surface area (Å²) in [6.45, 7) is 2.55. The zero-order chi connectivity index (χ0) is 14.4. The monoisotopic (exact) mass is 281 g/mol. The zero-order valence-electron chi connectivity index (χ0n) is 11.7. The molecule has 0 amide bonds. The van der Waals surface area contributed by atoms with Crippen molar-refractivity contribution in [3.63, 3.8) is 0 Å². The first-order valence-electron chi connectivity index (χ1n) is 7.03. The van der Waals surface area contributed by atoms with E-state index in [4.69, 9.17) is 21.8 Å². The molecular formula is C13H23N5O2. The van der Waals surface area contributed by atoms with Crippen molar-refractivity contribution >= 4 is 12.1 Å². The topological polar surface area (TPSA) is 110 Å². The summed E-state index contributed by atoms with van der Waals surface area (Å²) in [5.41, 5.74) is 6.20. The second-order valence-electron chi connectivity index (χ2n) is 5.06. The van der Waals surface area contributed by atoms with Crippen LogP contribution in [0.4, 0.5) is 0 Å². The molecule has 1 aliphatic heterocycles. The van der Waals surface area contributed by atoms with E-state index >= 15 is 0 Å². The van der Waals surface area contributed by atoms with Gasteiger partial charge in [-0.3, -0.25) is 10.4 Å². The van der Waals surface area contributed by atoms with Crippen LogP contribution in [0.25, 0.3) is 0 Å². The molecule has 5 N–H and O–H groups in total. The molecule has 2 fully saturated rings. The predicted molar refractivity (Wildman–Crippen MR) is 77.4 cm³/mol. The molecule has 112 valence electrons. The Morgan fingerprint density at radius 3 is 2.55 bits per heavy atom. The average molecular weight is 281 g/mol. The number of nitrogens with two attached hydrogens (primary N) is 2. The number of nitrogens with one attached hydrogen (secondary N) is 1. The van der Waals surface area contributed by atoms with Crippen molar-refractivity contribution in [3.05, 3.63) is 11.5 Å². The Bertz CT molecular complexity index is 396. The van der Waals surface area contributed by atoms with Crippen molar-refractivity contribution in [2.75, 3.05) is 26.3 Å². The normalized spacial score (nSPS) is 22.1. The number of amidine groups is 1. The van der Waals surface area contributed by atoms with Gasteiger partial charge in [0.25, 0.3) is 0 Å². The summed E-state index contributed by atoms with van der Waals surface area (Å²) >= 11 is 0. The quantitative estimate of drug-likeness (QED) is 0.298. The molecule has 0 aromatic carbocycles. The standard InChI is InChI=1S/C13H23N5O2/c14-12(18-5-7-19-8-6-18)11(13(15)20-16)9-17-10-3-1-2-4-10/h9-10,14H,1-8,15-16H2. The van der Waals surface area contributed by atoms with Gasteiger partial charge >= 0.3 is 0 Å². The van der Waals surface area contributed by atoms with Gasteiger partial charge in [-0.25, -0.2) is 0 Å². The van der Waals surface area contributed by atoms with Crippen LogP contribution in [0.1, 0.15) is 25.7 Å². The van der Waals surface area contributed by atoms with Crippen LogP contribution in [-0.2, 0) is 9.57 Å². The van der Waals surface area contributed by atoms with E-state index in [-0.39, 0.29) is 11.7 Å². The third-order valence-electron chi connectivity index (χ3n) is 3.71. The van der Waals surface area contributed by atoms with Crippen LogP contribution in [0.3, 0.4) is 0 Å². The molecule has 0 aromatic heterocycles. The Morgan fingerprint density at radius 1 is 1.30 bits per heavy atom. The lowest BCUT2D eigenvalue weighted by Crippen LogP contribution is -2.42. The number of nitrogens with zero attached hydrogens (tertiary/aromatic N) is 2. The fourth-order valence-corrected chi connectivity index (χ4v) is 2.50. The summed E-state index contributed by atoms with van der Waals surface area (Å²) in [7, 11) is 0. The first-order chi connectivity index (χ1) is 9.72. The third-order valence-corrected chi connectivity index (χ3v) is 3.71. The first-order valence-corrected chi connectivity index (χ1v) is 7.03. The van der Waals surface area contributed by atoms with Crippen molar-refractivity contribution in [2.24, 2.45) is 16.6 Å². The lowest BCUT2D eigenvalue weighted by atomic mass is 10.2. The number of morpholine rings is 1. The molecule has 0 spiro atoms. The maximum Gasteiger partial charge on any atom is 0.221 e. The molecule has 2 rings (SSSR count). The minimum absolute atomic E-state index is 0.0308. The highest BCUT2D eigenvalue weighted by molar-refractivity contribution is 6.13. The molecule has 0 unspecified atom stereocenters. The van der Waals surface area contributed by atoms with Gasteiger partial charge in [0.1, 0.15) is 5.84 Å². The summed E-state index contributed by atoms with van der Waals surface area (Å²) < 4.78 is 5.28. The Morgan fingerprint density at radius 2 is 1.95 bits per heavy atom. The second kappa shape index (κ2) is 7.25. The molecule has 7 nitrogen and oxygen atoms in total. The van der Waals surface area contributed by atoms with E-state index in [9.17, 15) is 0 Å². The Hall–Kier alpha value is -1.60. The lowest BCUT2D eigenvalue weighted by Gasteiger charge is -2.29. The van der Waals surface area contributed by atoms with E-state index in [2.05, 4.69) is 9.83 Å². The molecule has 0 radical (unpaired) electrons. The molecule has 1 heterocycles. The molecule has 1 saturated heterocycles. The van der Waals surface area contributed by atoms with E-state index in [1.165, 1.54) is 12.8 Å². The summed E-state index contributed by atoms with van der Waals surface area (Å²) in [5.74, 6) is 5.46. The second-order valence-corrected chi connectivity index (χ2v) is 5.06. The highest BCUT2D eigenvalue weighted by atomic mass is 16.6. The van der Waals surface area contributed by atoms with Gasteiger partial charge in [-0.05, 0) is 12.8 Å². The predicted octanol–water partition coefficient (Wildman–Crippen LogP) is 0.370. The van der Waals surface area contributed by atoms with Crippen LogP contribution in [0.15, 0.2) is 16.4 Å². The van der Waals surface area contributed by atoms with Crippen LogP contribution in [0.5, 0.6) is 0 Å². The number of hydrogen-bond donors (Lipinski definition) is 3. The number of hydrogen-bond acceptors (Lipinski definition) is 6. The molecule has 20 heavy (non-hydrogen) atoms. The zero-order valence-corrected chi connectivity index (χ0v) is 11.7. The lowest BCUT2D eigenvalue weighted by molar-refractivity contribution is 0.0678. The van der Waals surface area contributed by atoms with Crippen LogP contribution in [-0.4, -0.2) is 49.3 Å². The molecular weight excluding hydrogens is 258 g/mol. The van der Waals surface area contributed by atoms with Gasteiger partial charge < -0.3 is 20.2 Å². The molecule has 1 saturated carbocycles. The van der Waals surface area contributed by atoms with Crippen molar-refractivity contribution in [1.29, 1.82) is 5.41 Å². The highest BCUT2D eigenvalue weighted by Crippen LogP contribution is 2.21. The summed E-state index contributed by atoms with van der Waals surface area (Å²) in [6.07, 6.45) is 6.25. The van der Waals surface area contributed by atoms with Gasteiger partial charge in [0.05, 0.1) is 18.8 Å². The largest absolute Gasteiger partial charge is 0.393 e. The first kappa shape index (κ1) is 14.8. The van der Waals surface area contributed by atoms with Crippen molar-refractivity contribution in [1.82, 2.24) is 4.90 Å². The SMILES string of the molecule is N=C(C(C=NC1CCCC1)=C(N)ON)N1CCOCC1. The van der Waals surface area contributed by atoms with Crippen molar-refractivity contribution in [3.8, 4) is 0 Å². The van der Waals surface area contributed by atoms with Crippen LogP contribution in [0.2, 0.25) is 0 Å². The van der Waals surface area contributed by atoms with Gasteiger partial charge in [-0.1, -0.05) is 12.8 Å². The molecule has 7 heteroatoms. The summed E-state index contributed by atoms with van der Waals surface area (Å²) in [4.78, 5) is 11.0. The minimum atomic E-state index is 0.0308. The Labute approximate surface area is 119 Å². The molecule has 0 atom stereocenters. The van der Waals surface area contributed by atoms with Crippen molar-refractivity contribution < 1.29 is 9.57 Å².